The summed E-state index contributed by atoms with van der Waals surface area (Å²) in [4.78, 5) is 19.0. The minimum Gasteiger partial charge on any atom is -0.497 e. The van der Waals surface area contributed by atoms with Gasteiger partial charge in [0.2, 0.25) is 11.7 Å². The van der Waals surface area contributed by atoms with Crippen molar-refractivity contribution in [2.45, 2.75) is 62.8 Å². The summed E-state index contributed by atoms with van der Waals surface area (Å²) in [7, 11) is 6.87. The largest absolute Gasteiger partial charge is 0.497 e. The Hall–Kier alpha value is -5.14. The summed E-state index contributed by atoms with van der Waals surface area (Å²) in [5.41, 5.74) is -2.05. The number of nitrogens with one attached hydrogen (secondary N) is 1. The minimum absolute atomic E-state index is 0.104. The summed E-state index contributed by atoms with van der Waals surface area (Å²) in [6.07, 6.45) is -4.73. The quantitative estimate of drug-likeness (QED) is 0.0865. The number of amides is 1. The van der Waals surface area contributed by atoms with Crippen molar-refractivity contribution >= 4 is 29.2 Å². The van der Waals surface area contributed by atoms with Gasteiger partial charge in [-0.3, -0.25) is 4.79 Å². The van der Waals surface area contributed by atoms with E-state index in [9.17, 15) is 35.5 Å². The van der Waals surface area contributed by atoms with Gasteiger partial charge in [0.1, 0.15) is 34.1 Å². The van der Waals surface area contributed by atoms with Crippen molar-refractivity contribution in [2.75, 3.05) is 52.3 Å². The molecule has 58 heavy (non-hydrogen) atoms. The molecule has 1 fully saturated rings. The highest BCUT2D eigenvalue weighted by Gasteiger charge is 2.63. The van der Waals surface area contributed by atoms with E-state index >= 15 is 0 Å². The van der Waals surface area contributed by atoms with E-state index < -0.39 is 66.4 Å². The van der Waals surface area contributed by atoms with Crippen LogP contribution in [0.25, 0.3) is 0 Å². The lowest BCUT2D eigenvalue weighted by molar-refractivity contribution is -0.261. The van der Waals surface area contributed by atoms with Crippen LogP contribution in [0.3, 0.4) is 0 Å². The number of carbonyl (C=O) groups is 1. The Balaban J connectivity index is 0.00000366. The number of hydrogen-bond acceptors (Lipinski definition) is 11. The van der Waals surface area contributed by atoms with Crippen molar-refractivity contribution in [2.24, 2.45) is 0 Å². The van der Waals surface area contributed by atoms with Gasteiger partial charge in [-0.1, -0.05) is 26.0 Å². The number of rotatable bonds is 16. The molecule has 0 saturated carbocycles. The molecule has 1 saturated heterocycles. The second-order valence-electron chi connectivity index (χ2n) is 12.2. The fraction of sp³-hybridized carbons (Fsp3) is 0.385. The van der Waals surface area contributed by atoms with Crippen LogP contribution in [0.5, 0.6) is 28.7 Å². The lowest BCUT2D eigenvalue weighted by atomic mass is 9.99. The molecule has 2 atom stereocenters. The molecule has 316 valence electrons. The molecule has 1 aliphatic rings. The SMILES string of the molecule is CC.COc1ccc(CN(Cc2ccc(OC)cc2OC)Sc2cc(NC(=O)C3CC(OC)(C(F)(F)F)CN3c3ccc(F)c(F)c3OC(F)F)ccn2)c(OC)c1. The second kappa shape index (κ2) is 20.0. The van der Waals surface area contributed by atoms with Gasteiger partial charge in [0.05, 0.1) is 40.7 Å². The van der Waals surface area contributed by atoms with Crippen LogP contribution in [0, 0.1) is 11.6 Å². The van der Waals surface area contributed by atoms with Gasteiger partial charge in [0.25, 0.3) is 0 Å². The number of halogens is 7. The molecule has 0 spiro atoms. The molecular weight excluding hydrogens is 802 g/mol. The number of alkyl halides is 5. The summed E-state index contributed by atoms with van der Waals surface area (Å²) >= 11 is 1.18. The van der Waals surface area contributed by atoms with Crippen molar-refractivity contribution in [3.63, 3.8) is 0 Å². The highest BCUT2D eigenvalue weighted by Crippen LogP contribution is 2.47. The third-order valence-electron chi connectivity index (χ3n) is 8.99. The van der Waals surface area contributed by atoms with Crippen LogP contribution in [-0.4, -0.2) is 81.7 Å². The maximum Gasteiger partial charge on any atom is 0.419 e. The molecule has 1 aliphatic heterocycles. The molecule has 19 heteroatoms. The predicted molar refractivity (Wildman–Crippen MR) is 203 cm³/mol. The smallest absolute Gasteiger partial charge is 0.419 e. The van der Waals surface area contributed by atoms with E-state index in [1.54, 1.807) is 24.3 Å². The number of pyridine rings is 1. The zero-order chi connectivity index (χ0) is 42.8. The molecular formula is C39H43F7N4O7S. The number of anilines is 2. The molecule has 2 unspecified atom stereocenters. The Labute approximate surface area is 335 Å². The third-order valence-corrected chi connectivity index (χ3v) is 9.91. The Morgan fingerprint density at radius 2 is 1.48 bits per heavy atom. The maximum absolute atomic E-state index is 14.8. The van der Waals surface area contributed by atoms with Gasteiger partial charge < -0.3 is 38.6 Å². The molecule has 5 rings (SSSR count). The third kappa shape index (κ3) is 10.5. The van der Waals surface area contributed by atoms with E-state index in [1.807, 2.05) is 30.3 Å². The van der Waals surface area contributed by atoms with Crippen molar-refractivity contribution < 1.29 is 63.9 Å². The molecule has 0 bridgehead atoms. The normalized spacial score (nSPS) is 16.5. The number of nitrogens with zero attached hydrogens (tertiary/aromatic N) is 3. The number of methoxy groups -OCH3 is 5. The van der Waals surface area contributed by atoms with Crippen LogP contribution in [0.2, 0.25) is 0 Å². The second-order valence-corrected chi connectivity index (χ2v) is 13.4. The first-order chi connectivity index (χ1) is 27.6. The predicted octanol–water partition coefficient (Wildman–Crippen LogP) is 8.90. The van der Waals surface area contributed by atoms with Crippen LogP contribution in [0.4, 0.5) is 42.1 Å². The zero-order valence-corrected chi connectivity index (χ0v) is 33.4. The molecule has 1 aromatic heterocycles. The standard InChI is InChI=1S/C37H37F7N4O7S.C2H6/c1-50-24-8-6-21(29(15-24)52-3)18-47(19-22-7-9-25(51-2)16-30(22)53-4)56-31-14-23(12-13-45-31)46-34(49)28-17-36(54-5,37(42,43)44)20-48(28)27-11-10-26(38)32(39)33(27)55-35(40)41;1-2/h6-16,28,35H,17-20H2,1-5H3,(H,45,46,49);1-2H3. The van der Waals surface area contributed by atoms with Crippen LogP contribution >= 0.6 is 11.9 Å². The van der Waals surface area contributed by atoms with Gasteiger partial charge in [0, 0.05) is 61.8 Å². The highest BCUT2D eigenvalue weighted by atomic mass is 32.2. The van der Waals surface area contributed by atoms with Gasteiger partial charge in [-0.15, -0.1) is 0 Å². The first-order valence-corrected chi connectivity index (χ1v) is 18.4. The van der Waals surface area contributed by atoms with Crippen LogP contribution in [-0.2, 0) is 22.6 Å². The molecule has 11 nitrogen and oxygen atoms in total. The fourth-order valence-electron chi connectivity index (χ4n) is 6.14. The molecule has 1 amide bonds. The Morgan fingerprint density at radius 1 is 0.897 bits per heavy atom. The van der Waals surface area contributed by atoms with E-state index in [2.05, 4.69) is 15.0 Å². The Morgan fingerprint density at radius 3 is 1.98 bits per heavy atom. The lowest BCUT2D eigenvalue weighted by Crippen LogP contribution is -2.49. The average Bonchev–Trinajstić information content (AvgIpc) is 3.62. The van der Waals surface area contributed by atoms with Gasteiger partial charge in [0.15, 0.2) is 17.2 Å². The van der Waals surface area contributed by atoms with Crippen molar-refractivity contribution in [3.05, 3.63) is 89.6 Å². The Kier molecular flexibility index (Phi) is 15.7. The number of aromatic nitrogens is 1. The van der Waals surface area contributed by atoms with Crippen molar-refractivity contribution in [1.29, 1.82) is 0 Å². The van der Waals surface area contributed by atoms with Gasteiger partial charge >= 0.3 is 12.8 Å². The van der Waals surface area contributed by atoms with Crippen LogP contribution in [0.1, 0.15) is 31.4 Å². The van der Waals surface area contributed by atoms with E-state index in [4.69, 9.17) is 23.7 Å². The van der Waals surface area contributed by atoms with E-state index in [1.165, 1.54) is 58.7 Å². The van der Waals surface area contributed by atoms with E-state index in [0.717, 1.165) is 24.3 Å². The lowest BCUT2D eigenvalue weighted by Gasteiger charge is -2.31. The first kappa shape index (κ1) is 45.6. The molecule has 3 aromatic carbocycles. The number of benzene rings is 3. The van der Waals surface area contributed by atoms with Crippen molar-refractivity contribution in [3.8, 4) is 28.7 Å². The summed E-state index contributed by atoms with van der Waals surface area (Å²) < 4.78 is 132. The fourth-order valence-corrected chi connectivity index (χ4v) is 7.10. The zero-order valence-electron chi connectivity index (χ0n) is 32.6. The van der Waals surface area contributed by atoms with Gasteiger partial charge in [-0.05, 0) is 48.3 Å². The average molecular weight is 845 g/mol. The molecule has 4 aromatic rings. The number of carbonyl (C=O) groups excluding carboxylic acids is 1. The first-order valence-electron chi connectivity index (χ1n) is 17.6. The molecule has 0 aliphatic carbocycles. The van der Waals surface area contributed by atoms with Crippen LogP contribution in [0.15, 0.2) is 71.9 Å². The Bertz CT molecular complexity index is 1960. The minimum atomic E-state index is -5.07. The maximum atomic E-state index is 14.8. The summed E-state index contributed by atoms with van der Waals surface area (Å²) in [6, 6.07) is 13.0. The van der Waals surface area contributed by atoms with E-state index in [0.29, 0.717) is 39.0 Å². The molecule has 2 heterocycles. The molecule has 0 radical (unpaired) electrons. The summed E-state index contributed by atoms with van der Waals surface area (Å²) in [5, 5.41) is 2.91. The summed E-state index contributed by atoms with van der Waals surface area (Å²) in [5.74, 6) is -3.63. The van der Waals surface area contributed by atoms with E-state index in [-0.39, 0.29) is 18.8 Å². The number of ether oxygens (including phenoxy) is 6. The van der Waals surface area contributed by atoms with Crippen molar-refractivity contribution in [1.82, 2.24) is 9.29 Å². The van der Waals surface area contributed by atoms with Crippen LogP contribution < -0.4 is 33.9 Å². The summed E-state index contributed by atoms with van der Waals surface area (Å²) in [6.45, 7) is -0.225. The monoisotopic (exact) mass is 844 g/mol. The molecule has 1 N–H and O–H groups in total. The highest BCUT2D eigenvalue weighted by molar-refractivity contribution is 7.96. The van der Waals surface area contributed by atoms with Gasteiger partial charge in [-0.25, -0.2) is 13.7 Å². The number of hydrogen-bond donors (Lipinski definition) is 1. The topological polar surface area (TPSA) is 104 Å². The van der Waals surface area contributed by atoms with Gasteiger partial charge in [-0.2, -0.15) is 26.3 Å².